The third-order valence-electron chi connectivity index (χ3n) is 2.16. The first-order chi connectivity index (χ1) is 6.22. The summed E-state index contributed by atoms with van der Waals surface area (Å²) in [6.07, 6.45) is 1.10. The van der Waals surface area contributed by atoms with E-state index in [-0.39, 0.29) is 18.6 Å². The highest BCUT2D eigenvalue weighted by Crippen LogP contribution is 2.16. The lowest BCUT2D eigenvalue weighted by Gasteiger charge is -2.33. The van der Waals surface area contributed by atoms with Crippen LogP contribution in [-0.4, -0.2) is 56.2 Å². The Morgan fingerprint density at radius 3 is 1.86 bits per heavy atom. The fourth-order valence-corrected chi connectivity index (χ4v) is 3.40. The molecule has 0 heterocycles. The van der Waals surface area contributed by atoms with Crippen molar-refractivity contribution in [2.45, 2.75) is 26.6 Å². The van der Waals surface area contributed by atoms with Crippen molar-refractivity contribution in [3.8, 4) is 0 Å². The number of aliphatic hydroxyl groups excluding tert-OH is 2. The maximum atomic E-state index is 9.16. The molecule has 0 atom stereocenters. The molecule has 0 aromatic rings. The van der Waals surface area contributed by atoms with Crippen LogP contribution >= 0.6 is 0 Å². The summed E-state index contributed by atoms with van der Waals surface area (Å²) in [6, 6.07) is 0. The van der Waals surface area contributed by atoms with Gasteiger partial charge in [-0.1, -0.05) is 26.6 Å². The van der Waals surface area contributed by atoms with Gasteiger partial charge in [0, 0.05) is 12.0 Å². The Kier molecular flexibility index (Phi) is 5.29. The number of rotatable bonds is 6. The first kappa shape index (κ1) is 14.1. The number of aliphatic hydroxyl groups is 2. The van der Waals surface area contributed by atoms with E-state index in [1.165, 1.54) is 0 Å². The van der Waals surface area contributed by atoms with Gasteiger partial charge < -0.3 is 15.1 Å². The van der Waals surface area contributed by atoms with E-state index in [1.807, 2.05) is 6.92 Å². The topological polar surface area (TPSA) is 43.7 Å². The maximum Gasteiger partial charge on any atom is 0.0599 e. The van der Waals surface area contributed by atoms with Crippen LogP contribution in [0.15, 0.2) is 0 Å². The minimum Gasteiger partial charge on any atom is -0.396 e. The second kappa shape index (κ2) is 5.26. The van der Waals surface area contributed by atoms with Crippen LogP contribution in [0.5, 0.6) is 0 Å². The van der Waals surface area contributed by atoms with Crippen molar-refractivity contribution in [2.75, 3.05) is 33.0 Å². The van der Waals surface area contributed by atoms with E-state index in [1.54, 1.807) is 0 Å². The zero-order chi connectivity index (χ0) is 11.4. The van der Waals surface area contributed by atoms with Crippen LogP contribution in [0.4, 0.5) is 0 Å². The summed E-state index contributed by atoms with van der Waals surface area (Å²) in [5, 5.41) is 18.3. The molecule has 2 N–H and O–H groups in total. The van der Waals surface area contributed by atoms with Gasteiger partial charge in [-0.25, -0.2) is 0 Å². The van der Waals surface area contributed by atoms with Crippen LogP contribution in [0.2, 0.25) is 19.6 Å². The smallest absolute Gasteiger partial charge is 0.0599 e. The molecule has 0 saturated carbocycles. The molecule has 0 aliphatic rings. The molecule has 0 unspecified atom stereocenters. The maximum absolute atomic E-state index is 9.16. The van der Waals surface area contributed by atoms with Crippen molar-refractivity contribution in [1.82, 2.24) is 4.90 Å². The lowest BCUT2D eigenvalue weighted by atomic mass is 9.93. The fourth-order valence-electron chi connectivity index (χ4n) is 1.67. The molecule has 0 fully saturated rings. The van der Waals surface area contributed by atoms with E-state index >= 15 is 0 Å². The lowest BCUT2D eigenvalue weighted by molar-refractivity contribution is 0.0457. The Morgan fingerprint density at radius 1 is 1.14 bits per heavy atom. The Balaban J connectivity index is 4.10. The summed E-state index contributed by atoms with van der Waals surface area (Å²) < 4.78 is 0. The van der Waals surface area contributed by atoms with E-state index in [2.05, 4.69) is 31.6 Å². The molecule has 0 saturated heterocycles. The van der Waals surface area contributed by atoms with Crippen LogP contribution < -0.4 is 0 Å². The summed E-state index contributed by atoms with van der Waals surface area (Å²) >= 11 is 0. The molecule has 0 bridgehead atoms. The van der Waals surface area contributed by atoms with Crippen molar-refractivity contribution in [1.29, 1.82) is 0 Å². The van der Waals surface area contributed by atoms with Gasteiger partial charge in [0.25, 0.3) is 0 Å². The Labute approximate surface area is 88.8 Å². The van der Waals surface area contributed by atoms with Crippen LogP contribution in [0.25, 0.3) is 0 Å². The monoisotopic (exact) mass is 219 g/mol. The summed E-state index contributed by atoms with van der Waals surface area (Å²) in [5.74, 6) is 0. The molecule has 0 spiro atoms. The van der Waals surface area contributed by atoms with Crippen LogP contribution in [0.1, 0.15) is 6.92 Å². The average molecular weight is 219 g/mol. The standard InChI is InChI=1S/C10H25NO2Si/c1-10(7-12,8-13)6-11(2)9-14(3,4)5/h12-13H,6-9H2,1-5H3. The first-order valence-corrected chi connectivity index (χ1v) is 8.83. The Morgan fingerprint density at radius 2 is 1.57 bits per heavy atom. The van der Waals surface area contributed by atoms with Gasteiger partial charge in [-0.2, -0.15) is 0 Å². The van der Waals surface area contributed by atoms with E-state index in [0.29, 0.717) is 0 Å². The minimum atomic E-state index is -1.08. The fraction of sp³-hybridized carbons (Fsp3) is 1.00. The predicted molar refractivity (Wildman–Crippen MR) is 63.1 cm³/mol. The van der Waals surface area contributed by atoms with E-state index < -0.39 is 8.07 Å². The number of nitrogens with zero attached hydrogens (tertiary/aromatic N) is 1. The van der Waals surface area contributed by atoms with Gasteiger partial charge in [-0.05, 0) is 13.2 Å². The second-order valence-corrected chi connectivity index (χ2v) is 11.3. The number of hydrogen-bond acceptors (Lipinski definition) is 3. The molecule has 0 aliphatic heterocycles. The molecule has 4 heteroatoms. The van der Waals surface area contributed by atoms with Gasteiger partial charge in [-0.15, -0.1) is 0 Å². The largest absolute Gasteiger partial charge is 0.396 e. The van der Waals surface area contributed by atoms with Crippen LogP contribution in [0, 0.1) is 5.41 Å². The van der Waals surface area contributed by atoms with Crippen LogP contribution in [-0.2, 0) is 0 Å². The summed E-state index contributed by atoms with van der Waals surface area (Å²) in [5.41, 5.74) is -0.367. The van der Waals surface area contributed by atoms with E-state index in [4.69, 9.17) is 10.2 Å². The lowest BCUT2D eigenvalue weighted by Crippen LogP contribution is -2.45. The summed E-state index contributed by atoms with van der Waals surface area (Å²) in [7, 11) is 0.974. The molecule has 0 rings (SSSR count). The highest BCUT2D eigenvalue weighted by Gasteiger charge is 2.26. The van der Waals surface area contributed by atoms with Crippen molar-refractivity contribution in [2.24, 2.45) is 5.41 Å². The normalized spacial score (nSPS) is 13.7. The molecule has 0 amide bonds. The molecule has 14 heavy (non-hydrogen) atoms. The molecular formula is C10H25NO2Si. The minimum absolute atomic E-state index is 0.0412. The predicted octanol–water partition coefficient (Wildman–Crippen LogP) is 0.786. The highest BCUT2D eigenvalue weighted by molar-refractivity contribution is 6.76. The Hall–Kier alpha value is 0.0969. The molecule has 86 valence electrons. The molecule has 0 radical (unpaired) electrons. The third-order valence-corrected chi connectivity index (χ3v) is 3.65. The van der Waals surface area contributed by atoms with Gasteiger partial charge >= 0.3 is 0 Å². The Bertz CT molecular complexity index is 164. The van der Waals surface area contributed by atoms with Crippen molar-refractivity contribution >= 4 is 8.07 Å². The number of hydrogen-bond donors (Lipinski definition) is 2. The van der Waals surface area contributed by atoms with Gasteiger partial charge in [0.1, 0.15) is 0 Å². The third kappa shape index (κ3) is 5.75. The van der Waals surface area contributed by atoms with Gasteiger partial charge in [0.2, 0.25) is 0 Å². The van der Waals surface area contributed by atoms with Gasteiger partial charge in [0.05, 0.1) is 21.3 Å². The van der Waals surface area contributed by atoms with Crippen LogP contribution in [0.3, 0.4) is 0 Å². The molecule has 0 aromatic carbocycles. The van der Waals surface area contributed by atoms with Crippen molar-refractivity contribution in [3.63, 3.8) is 0 Å². The highest BCUT2D eigenvalue weighted by atomic mass is 28.3. The van der Waals surface area contributed by atoms with Gasteiger partial charge in [-0.3, -0.25) is 0 Å². The average Bonchev–Trinajstić information content (AvgIpc) is 2.00. The first-order valence-electron chi connectivity index (χ1n) is 5.13. The molecule has 0 aromatic heterocycles. The zero-order valence-corrected chi connectivity index (χ0v) is 11.2. The second-order valence-electron chi connectivity index (χ2n) is 5.86. The molecular weight excluding hydrogens is 194 g/mol. The van der Waals surface area contributed by atoms with E-state index in [9.17, 15) is 0 Å². The molecule has 0 aliphatic carbocycles. The molecule has 3 nitrogen and oxygen atoms in total. The summed E-state index contributed by atoms with van der Waals surface area (Å²) in [6.45, 7) is 9.70. The van der Waals surface area contributed by atoms with Gasteiger partial charge in [0.15, 0.2) is 0 Å². The zero-order valence-electron chi connectivity index (χ0n) is 10.2. The summed E-state index contributed by atoms with van der Waals surface area (Å²) in [4.78, 5) is 2.22. The van der Waals surface area contributed by atoms with Crippen molar-refractivity contribution < 1.29 is 10.2 Å². The SMILES string of the molecule is CN(CC(C)(CO)CO)C[Si](C)(C)C. The van der Waals surface area contributed by atoms with E-state index in [0.717, 1.165) is 12.7 Å². The quantitative estimate of drug-likeness (QED) is 0.649. The van der Waals surface area contributed by atoms with Crippen molar-refractivity contribution in [3.05, 3.63) is 0 Å².